The van der Waals surface area contributed by atoms with Gasteiger partial charge in [-0.1, -0.05) is 35.9 Å². The van der Waals surface area contributed by atoms with Crippen LogP contribution in [0.4, 0.5) is 11.4 Å². The van der Waals surface area contributed by atoms with E-state index in [1.54, 1.807) is 24.3 Å². The second-order valence-electron chi connectivity index (χ2n) is 8.16. The Morgan fingerprint density at radius 3 is 2.69 bits per heavy atom. The maximum absolute atomic E-state index is 13.7. The van der Waals surface area contributed by atoms with E-state index < -0.39 is 17.4 Å². The molecule has 4 heterocycles. The summed E-state index contributed by atoms with van der Waals surface area (Å²) in [6, 6.07) is 14.2. The second kappa shape index (κ2) is 5.68. The smallest absolute Gasteiger partial charge is 0.250 e. The molecule has 2 aromatic rings. The van der Waals surface area contributed by atoms with Crippen molar-refractivity contribution in [3.8, 4) is 0 Å². The average Bonchev–Trinajstić information content (AvgIpc) is 3.40. The van der Waals surface area contributed by atoms with Crippen LogP contribution in [0.25, 0.3) is 0 Å². The van der Waals surface area contributed by atoms with Gasteiger partial charge in [0.2, 0.25) is 17.7 Å². The molecule has 4 atom stereocenters. The van der Waals surface area contributed by atoms with Gasteiger partial charge in [-0.25, -0.2) is 4.90 Å². The van der Waals surface area contributed by atoms with E-state index in [1.807, 2.05) is 24.3 Å². The summed E-state index contributed by atoms with van der Waals surface area (Å²) in [5.41, 5.74) is 0.875. The molecular weight excluding hydrogens is 390 g/mol. The molecule has 3 saturated heterocycles. The molecule has 6 nitrogen and oxygen atoms in total. The van der Waals surface area contributed by atoms with Gasteiger partial charge in [-0.15, -0.1) is 0 Å². The molecule has 4 aliphatic heterocycles. The zero-order valence-electron chi connectivity index (χ0n) is 15.5. The molecule has 0 saturated carbocycles. The first kappa shape index (κ1) is 17.2. The van der Waals surface area contributed by atoms with Crippen LogP contribution >= 0.6 is 11.6 Å². The van der Waals surface area contributed by atoms with Gasteiger partial charge >= 0.3 is 0 Å². The number of hydrogen-bond donors (Lipinski definition) is 1. The summed E-state index contributed by atoms with van der Waals surface area (Å²) in [4.78, 5) is 44.0. The van der Waals surface area contributed by atoms with Crippen molar-refractivity contribution in [2.24, 2.45) is 11.8 Å². The Kier molecular flexibility index (Phi) is 3.36. The third-order valence-corrected chi connectivity index (χ3v) is 7.20. The predicted octanol–water partition coefficient (Wildman–Crippen LogP) is 2.77. The van der Waals surface area contributed by atoms with Crippen LogP contribution in [0.1, 0.15) is 18.4 Å². The number of halogens is 1. The summed E-state index contributed by atoms with van der Waals surface area (Å²) < 4.78 is 0. The highest BCUT2D eigenvalue weighted by atomic mass is 35.5. The van der Waals surface area contributed by atoms with Crippen molar-refractivity contribution in [1.29, 1.82) is 0 Å². The van der Waals surface area contributed by atoms with Gasteiger partial charge in [0.25, 0.3) is 0 Å². The summed E-state index contributed by atoms with van der Waals surface area (Å²) in [6.07, 6.45) is 1.71. The Hall–Kier alpha value is -2.70. The van der Waals surface area contributed by atoms with Gasteiger partial charge in [-0.3, -0.25) is 19.3 Å². The van der Waals surface area contributed by atoms with E-state index in [-0.39, 0.29) is 23.8 Å². The molecule has 3 amide bonds. The Balaban J connectivity index is 1.56. The summed E-state index contributed by atoms with van der Waals surface area (Å²) in [7, 11) is 0. The molecule has 1 N–H and O–H groups in total. The lowest BCUT2D eigenvalue weighted by molar-refractivity contribution is -0.135. The van der Waals surface area contributed by atoms with Gasteiger partial charge in [0, 0.05) is 22.3 Å². The van der Waals surface area contributed by atoms with Gasteiger partial charge in [0.05, 0.1) is 17.5 Å². The standard InChI is InChI=1S/C22H18ClN3O3/c23-12-5-3-6-13(11-12)26-19(27)17-16-9-4-10-25(16)22(18(17)20(26)28)14-7-1-2-8-15(14)24-21(22)29/h1-3,5-8,11,16-18H,4,9-10H2,(H,24,29)/t16-,17-,18-,22+/m1/s1. The van der Waals surface area contributed by atoms with E-state index in [2.05, 4.69) is 10.2 Å². The Morgan fingerprint density at radius 1 is 1.03 bits per heavy atom. The van der Waals surface area contributed by atoms with Crippen LogP contribution in [0.2, 0.25) is 5.02 Å². The van der Waals surface area contributed by atoms with Crippen molar-refractivity contribution < 1.29 is 14.4 Å². The molecule has 7 heteroatoms. The molecule has 146 valence electrons. The number of nitrogens with zero attached hydrogens (tertiary/aromatic N) is 2. The van der Waals surface area contributed by atoms with Crippen molar-refractivity contribution in [3.05, 3.63) is 59.1 Å². The molecule has 1 spiro atoms. The molecule has 0 aliphatic carbocycles. The summed E-state index contributed by atoms with van der Waals surface area (Å²) in [6.45, 7) is 0.706. The summed E-state index contributed by atoms with van der Waals surface area (Å²) >= 11 is 6.12. The van der Waals surface area contributed by atoms with Crippen molar-refractivity contribution in [3.63, 3.8) is 0 Å². The number of carbonyl (C=O) groups is 3. The third-order valence-electron chi connectivity index (χ3n) is 6.97. The molecule has 0 aromatic heterocycles. The fourth-order valence-corrected chi connectivity index (χ4v) is 6.21. The Morgan fingerprint density at radius 2 is 1.86 bits per heavy atom. The molecule has 3 fully saturated rings. The lowest BCUT2D eigenvalue weighted by Crippen LogP contribution is -2.54. The zero-order valence-corrected chi connectivity index (χ0v) is 16.2. The topological polar surface area (TPSA) is 69.7 Å². The number of amides is 3. The van der Waals surface area contributed by atoms with Gasteiger partial charge in [-0.2, -0.15) is 0 Å². The molecule has 0 unspecified atom stereocenters. The number of anilines is 2. The van der Waals surface area contributed by atoms with Crippen molar-refractivity contribution >= 4 is 40.7 Å². The van der Waals surface area contributed by atoms with Gasteiger partial charge in [-0.05, 0) is 43.7 Å². The average molecular weight is 408 g/mol. The van der Waals surface area contributed by atoms with E-state index in [4.69, 9.17) is 11.6 Å². The molecule has 6 rings (SSSR count). The lowest BCUT2D eigenvalue weighted by Gasteiger charge is -2.36. The number of fused-ring (bicyclic) bond motifs is 7. The Labute approximate surface area is 172 Å². The minimum Gasteiger partial charge on any atom is -0.324 e. The van der Waals surface area contributed by atoms with E-state index in [0.717, 1.165) is 24.1 Å². The minimum atomic E-state index is -1.12. The first-order valence-corrected chi connectivity index (χ1v) is 10.2. The third kappa shape index (κ3) is 1.93. The molecular formula is C22H18ClN3O3. The van der Waals surface area contributed by atoms with Crippen molar-refractivity contribution in [2.75, 3.05) is 16.8 Å². The highest BCUT2D eigenvalue weighted by Crippen LogP contribution is 2.60. The van der Waals surface area contributed by atoms with Crippen LogP contribution in [0.5, 0.6) is 0 Å². The normalized spacial score (nSPS) is 32.7. The monoisotopic (exact) mass is 407 g/mol. The second-order valence-corrected chi connectivity index (χ2v) is 8.60. The van der Waals surface area contributed by atoms with Crippen LogP contribution < -0.4 is 10.2 Å². The van der Waals surface area contributed by atoms with Crippen LogP contribution in [0, 0.1) is 11.8 Å². The quantitative estimate of drug-likeness (QED) is 0.738. The van der Waals surface area contributed by atoms with Gasteiger partial charge in [0.1, 0.15) is 5.54 Å². The maximum Gasteiger partial charge on any atom is 0.250 e. The number of benzene rings is 2. The fourth-order valence-electron chi connectivity index (χ4n) is 6.03. The van der Waals surface area contributed by atoms with Gasteiger partial charge in [0.15, 0.2) is 0 Å². The summed E-state index contributed by atoms with van der Waals surface area (Å²) in [5.74, 6) is -2.01. The van der Waals surface area contributed by atoms with Crippen molar-refractivity contribution in [2.45, 2.75) is 24.4 Å². The van der Waals surface area contributed by atoms with Gasteiger partial charge < -0.3 is 5.32 Å². The molecule has 0 bridgehead atoms. The van der Waals surface area contributed by atoms with Crippen LogP contribution in [-0.2, 0) is 19.9 Å². The largest absolute Gasteiger partial charge is 0.324 e. The van der Waals surface area contributed by atoms with E-state index in [0.29, 0.717) is 17.3 Å². The number of imide groups is 1. The molecule has 4 aliphatic rings. The zero-order chi connectivity index (χ0) is 19.9. The summed E-state index contributed by atoms with van der Waals surface area (Å²) in [5, 5.41) is 3.43. The number of carbonyl (C=O) groups excluding carboxylic acids is 3. The SMILES string of the molecule is O=C1[C@@H]2[C@H]3CCCN3[C@]3(C(=O)Nc4ccccc43)[C@H]2C(=O)N1c1cccc(Cl)c1. The molecule has 29 heavy (non-hydrogen) atoms. The van der Waals surface area contributed by atoms with E-state index in [1.165, 1.54) is 4.90 Å². The highest BCUT2D eigenvalue weighted by molar-refractivity contribution is 6.31. The van der Waals surface area contributed by atoms with Crippen LogP contribution in [0.15, 0.2) is 48.5 Å². The minimum absolute atomic E-state index is 0.113. The van der Waals surface area contributed by atoms with E-state index >= 15 is 0 Å². The maximum atomic E-state index is 13.7. The lowest BCUT2D eigenvalue weighted by atomic mass is 9.75. The Bertz CT molecular complexity index is 1100. The van der Waals surface area contributed by atoms with Crippen LogP contribution in [0.3, 0.4) is 0 Å². The van der Waals surface area contributed by atoms with Crippen LogP contribution in [-0.4, -0.2) is 35.2 Å². The number of para-hydroxylation sites is 1. The predicted molar refractivity (Wildman–Crippen MR) is 107 cm³/mol. The number of rotatable bonds is 1. The van der Waals surface area contributed by atoms with Crippen molar-refractivity contribution in [1.82, 2.24) is 4.90 Å². The first-order valence-electron chi connectivity index (χ1n) is 9.86. The number of hydrogen-bond acceptors (Lipinski definition) is 4. The first-order chi connectivity index (χ1) is 14.0. The van der Waals surface area contributed by atoms with E-state index in [9.17, 15) is 14.4 Å². The highest BCUT2D eigenvalue weighted by Gasteiger charge is 2.74. The fraction of sp³-hybridized carbons (Fsp3) is 0.318. The molecule has 2 aromatic carbocycles. The molecule has 0 radical (unpaired) electrons. The number of nitrogens with one attached hydrogen (secondary N) is 1.